The van der Waals surface area contributed by atoms with Gasteiger partial charge in [-0.1, -0.05) is 29.8 Å². The summed E-state index contributed by atoms with van der Waals surface area (Å²) < 4.78 is 5.46. The molecule has 2 atom stereocenters. The van der Waals surface area contributed by atoms with Gasteiger partial charge in [0.2, 0.25) is 0 Å². The van der Waals surface area contributed by atoms with E-state index in [1.165, 1.54) is 0 Å². The van der Waals surface area contributed by atoms with Gasteiger partial charge >= 0.3 is 5.97 Å². The molecule has 5 nitrogen and oxygen atoms in total. The summed E-state index contributed by atoms with van der Waals surface area (Å²) in [6.07, 6.45) is 0.791. The van der Waals surface area contributed by atoms with Gasteiger partial charge < -0.3 is 14.9 Å². The van der Waals surface area contributed by atoms with Crippen molar-refractivity contribution in [1.82, 2.24) is 4.90 Å². The second-order valence-corrected chi connectivity index (χ2v) is 5.66. The maximum atomic E-state index is 11.1. The van der Waals surface area contributed by atoms with E-state index in [0.29, 0.717) is 31.1 Å². The van der Waals surface area contributed by atoms with Crippen molar-refractivity contribution in [1.29, 1.82) is 0 Å². The highest BCUT2D eigenvalue weighted by molar-refractivity contribution is 6.31. The zero-order chi connectivity index (χ0) is 15.2. The number of rotatable bonds is 7. The van der Waals surface area contributed by atoms with Crippen LogP contribution in [-0.4, -0.2) is 52.9 Å². The molecule has 6 heteroatoms. The highest BCUT2D eigenvalue weighted by Gasteiger charge is 2.31. The van der Waals surface area contributed by atoms with Gasteiger partial charge in [-0.15, -0.1) is 0 Å². The van der Waals surface area contributed by atoms with E-state index >= 15 is 0 Å². The van der Waals surface area contributed by atoms with E-state index in [9.17, 15) is 9.90 Å². The first-order valence-electron chi connectivity index (χ1n) is 7.04. The molecule has 0 aromatic heterocycles. The molecule has 0 aliphatic carbocycles. The van der Waals surface area contributed by atoms with Gasteiger partial charge in [0, 0.05) is 11.6 Å². The molecule has 1 aromatic rings. The Morgan fingerprint density at radius 1 is 1.48 bits per heavy atom. The van der Waals surface area contributed by atoms with E-state index in [0.717, 1.165) is 12.0 Å². The molecule has 1 unspecified atom stereocenters. The number of halogens is 1. The van der Waals surface area contributed by atoms with Crippen molar-refractivity contribution in [3.05, 3.63) is 34.9 Å². The number of aliphatic carboxylic acids is 1. The first-order valence-corrected chi connectivity index (χ1v) is 7.42. The summed E-state index contributed by atoms with van der Waals surface area (Å²) >= 11 is 6.02. The van der Waals surface area contributed by atoms with E-state index in [1.54, 1.807) is 11.0 Å². The highest BCUT2D eigenvalue weighted by atomic mass is 35.5. The third-order valence-electron chi connectivity index (χ3n) is 3.62. The number of benzene rings is 1. The lowest BCUT2D eigenvalue weighted by Gasteiger charge is -2.23. The second-order valence-electron chi connectivity index (χ2n) is 5.25. The van der Waals surface area contributed by atoms with Gasteiger partial charge in [0.05, 0.1) is 19.3 Å². The Balaban J connectivity index is 1.74. The molecule has 1 saturated heterocycles. The van der Waals surface area contributed by atoms with Gasteiger partial charge in [0.15, 0.2) is 0 Å². The molecular formula is C15H20ClNO4. The summed E-state index contributed by atoms with van der Waals surface area (Å²) in [6, 6.07) is 6.90. The van der Waals surface area contributed by atoms with Crippen LogP contribution in [0.2, 0.25) is 5.02 Å². The van der Waals surface area contributed by atoms with Crippen LogP contribution < -0.4 is 0 Å². The minimum absolute atomic E-state index is 0.161. The van der Waals surface area contributed by atoms with Gasteiger partial charge in [0.1, 0.15) is 6.04 Å². The summed E-state index contributed by atoms with van der Waals surface area (Å²) in [5, 5.41) is 19.7. The molecule has 0 amide bonds. The molecule has 21 heavy (non-hydrogen) atoms. The molecule has 2 N–H and O–H groups in total. The lowest BCUT2D eigenvalue weighted by molar-refractivity contribution is -0.142. The smallest absolute Gasteiger partial charge is 0.320 e. The number of aliphatic hydroxyl groups is 1. The quantitative estimate of drug-likeness (QED) is 0.803. The Morgan fingerprint density at radius 2 is 2.24 bits per heavy atom. The van der Waals surface area contributed by atoms with E-state index < -0.39 is 18.1 Å². The first-order chi connectivity index (χ1) is 10.1. The van der Waals surface area contributed by atoms with Gasteiger partial charge in [-0.2, -0.15) is 0 Å². The molecule has 0 bridgehead atoms. The molecule has 1 aliphatic rings. The number of hydrogen-bond acceptors (Lipinski definition) is 4. The molecule has 0 saturated carbocycles. The molecule has 1 aliphatic heterocycles. The second kappa shape index (κ2) is 7.75. The van der Waals surface area contributed by atoms with Gasteiger partial charge in [-0.25, -0.2) is 0 Å². The molecule has 0 spiro atoms. The molecule has 1 heterocycles. The Kier molecular flexibility index (Phi) is 5.99. The zero-order valence-corrected chi connectivity index (χ0v) is 12.5. The summed E-state index contributed by atoms with van der Waals surface area (Å²) in [5.74, 6) is -0.823. The van der Waals surface area contributed by atoms with Crippen LogP contribution in [-0.2, 0) is 16.1 Å². The van der Waals surface area contributed by atoms with Crippen LogP contribution in [0.5, 0.6) is 0 Å². The van der Waals surface area contributed by atoms with E-state index in [1.807, 2.05) is 18.2 Å². The number of likely N-dealkylation sites (tertiary alicyclic amines) is 1. The number of carbonyl (C=O) groups is 1. The van der Waals surface area contributed by atoms with Crippen LogP contribution in [0.3, 0.4) is 0 Å². The third kappa shape index (κ3) is 4.68. The Morgan fingerprint density at radius 3 is 2.95 bits per heavy atom. The highest BCUT2D eigenvalue weighted by Crippen LogP contribution is 2.18. The van der Waals surface area contributed by atoms with Gasteiger partial charge in [-0.3, -0.25) is 9.69 Å². The normalized spacial score (nSPS) is 20.6. The average Bonchev–Trinajstić information content (AvgIpc) is 2.89. The standard InChI is InChI=1S/C15H20ClNO4/c16-13-5-2-1-4-11(13)9-21-10-12(18)8-17-7-3-6-14(17)15(19)20/h1-2,4-5,12,14,18H,3,6-10H2,(H,19,20)/t12?,14-/m1/s1. The predicted octanol–water partition coefficient (Wildman–Crippen LogP) is 1.77. The molecule has 1 fully saturated rings. The van der Waals surface area contributed by atoms with Crippen molar-refractivity contribution >= 4 is 17.6 Å². The molecule has 116 valence electrons. The fourth-order valence-corrected chi connectivity index (χ4v) is 2.76. The Hall–Kier alpha value is -1.14. The summed E-state index contributed by atoms with van der Waals surface area (Å²) in [6.45, 7) is 1.52. The third-order valence-corrected chi connectivity index (χ3v) is 3.99. The molecule has 2 rings (SSSR count). The van der Waals surface area contributed by atoms with Crippen LogP contribution in [0.25, 0.3) is 0 Å². The number of aliphatic hydroxyl groups excluding tert-OH is 1. The summed E-state index contributed by atoms with van der Waals surface area (Å²) in [7, 11) is 0. The molecular weight excluding hydrogens is 294 g/mol. The van der Waals surface area contributed by atoms with E-state index in [-0.39, 0.29) is 6.61 Å². The fourth-order valence-electron chi connectivity index (χ4n) is 2.57. The summed E-state index contributed by atoms with van der Waals surface area (Å²) in [4.78, 5) is 12.9. The number of nitrogens with zero attached hydrogens (tertiary/aromatic N) is 1. The van der Waals surface area contributed by atoms with Crippen LogP contribution in [0.1, 0.15) is 18.4 Å². The van der Waals surface area contributed by atoms with E-state index in [2.05, 4.69) is 0 Å². The molecule has 1 aromatic carbocycles. The van der Waals surface area contributed by atoms with E-state index in [4.69, 9.17) is 21.4 Å². The first kappa shape index (κ1) is 16.2. The van der Waals surface area contributed by atoms with Crippen molar-refractivity contribution in [3.63, 3.8) is 0 Å². The van der Waals surface area contributed by atoms with Gasteiger partial charge in [0.25, 0.3) is 0 Å². The van der Waals surface area contributed by atoms with Crippen molar-refractivity contribution in [3.8, 4) is 0 Å². The lowest BCUT2D eigenvalue weighted by atomic mass is 10.2. The maximum absolute atomic E-state index is 11.1. The maximum Gasteiger partial charge on any atom is 0.320 e. The number of carboxylic acid groups (broad SMARTS) is 1. The largest absolute Gasteiger partial charge is 0.480 e. The number of ether oxygens (including phenoxy) is 1. The van der Waals surface area contributed by atoms with Crippen LogP contribution in [0, 0.1) is 0 Å². The Labute approximate surface area is 129 Å². The predicted molar refractivity (Wildman–Crippen MR) is 79.3 cm³/mol. The van der Waals surface area contributed by atoms with Crippen molar-refractivity contribution in [2.75, 3.05) is 19.7 Å². The fraction of sp³-hybridized carbons (Fsp3) is 0.533. The number of β-amino-alcohol motifs (C(OH)–C–C–N with tert-alkyl or cyclic N) is 1. The summed E-state index contributed by atoms with van der Waals surface area (Å²) in [5.41, 5.74) is 0.871. The van der Waals surface area contributed by atoms with Crippen LogP contribution in [0.4, 0.5) is 0 Å². The topological polar surface area (TPSA) is 70.0 Å². The van der Waals surface area contributed by atoms with Crippen molar-refractivity contribution < 1.29 is 19.7 Å². The molecule has 0 radical (unpaired) electrons. The van der Waals surface area contributed by atoms with Gasteiger partial charge in [-0.05, 0) is 31.0 Å². The van der Waals surface area contributed by atoms with Crippen molar-refractivity contribution in [2.45, 2.75) is 31.6 Å². The van der Waals surface area contributed by atoms with Crippen LogP contribution >= 0.6 is 11.6 Å². The number of carboxylic acids is 1. The monoisotopic (exact) mass is 313 g/mol. The minimum atomic E-state index is -0.823. The average molecular weight is 314 g/mol. The lowest BCUT2D eigenvalue weighted by Crippen LogP contribution is -2.41. The van der Waals surface area contributed by atoms with Crippen molar-refractivity contribution in [2.24, 2.45) is 0 Å². The zero-order valence-electron chi connectivity index (χ0n) is 11.7. The SMILES string of the molecule is O=C(O)[C@H]1CCCN1CC(O)COCc1ccccc1Cl. The number of hydrogen-bond donors (Lipinski definition) is 2. The minimum Gasteiger partial charge on any atom is -0.480 e. The Bertz CT molecular complexity index is 482. The van der Waals surface area contributed by atoms with Crippen LogP contribution in [0.15, 0.2) is 24.3 Å².